The van der Waals surface area contributed by atoms with Crippen LogP contribution in [0, 0.1) is 20.8 Å². The Morgan fingerprint density at radius 3 is 2.17 bits per heavy atom. The largest absolute Gasteiger partial charge is 0.351 e. The van der Waals surface area contributed by atoms with Gasteiger partial charge < -0.3 is 5.73 Å². The third kappa shape index (κ3) is 3.77. The van der Waals surface area contributed by atoms with Gasteiger partial charge in [0.2, 0.25) is 5.91 Å². The molecule has 5 heteroatoms. The van der Waals surface area contributed by atoms with Crippen molar-refractivity contribution in [1.29, 1.82) is 0 Å². The van der Waals surface area contributed by atoms with Gasteiger partial charge in [-0.15, -0.1) is 11.8 Å². The van der Waals surface area contributed by atoms with Crippen LogP contribution in [0.2, 0.25) is 0 Å². The molecule has 3 amide bonds. The second kappa shape index (κ2) is 5.91. The van der Waals surface area contributed by atoms with Crippen LogP contribution in [-0.4, -0.2) is 17.2 Å². The van der Waals surface area contributed by atoms with Gasteiger partial charge in [0.25, 0.3) is 0 Å². The molecule has 0 aliphatic rings. The minimum Gasteiger partial charge on any atom is -0.351 e. The maximum absolute atomic E-state index is 11.6. The highest BCUT2D eigenvalue weighted by atomic mass is 32.2. The van der Waals surface area contributed by atoms with Crippen LogP contribution in [0.4, 0.5) is 4.79 Å². The quantitative estimate of drug-likeness (QED) is 0.824. The number of nitrogens with one attached hydrogen (secondary N) is 1. The highest BCUT2D eigenvalue weighted by molar-refractivity contribution is 8.00. The molecule has 1 aromatic carbocycles. The van der Waals surface area contributed by atoms with Gasteiger partial charge in [-0.1, -0.05) is 17.7 Å². The van der Waals surface area contributed by atoms with Gasteiger partial charge in [0.15, 0.2) is 0 Å². The molecule has 0 aliphatic heterocycles. The van der Waals surface area contributed by atoms with Crippen LogP contribution >= 0.6 is 11.8 Å². The standard InChI is InChI=1S/C13H18N2O2S/c1-7-5-8(2)11(9(3)6-7)18-10(4)12(16)15-13(14)17/h5-6,10H,1-4H3,(H3,14,15,16,17)/t10-/m1/s1. The van der Waals surface area contributed by atoms with Crippen LogP contribution in [0.5, 0.6) is 0 Å². The first-order valence-electron chi connectivity index (χ1n) is 5.66. The van der Waals surface area contributed by atoms with E-state index in [1.165, 1.54) is 17.3 Å². The van der Waals surface area contributed by atoms with Crippen LogP contribution < -0.4 is 11.1 Å². The Morgan fingerprint density at radius 1 is 1.22 bits per heavy atom. The summed E-state index contributed by atoms with van der Waals surface area (Å²) in [4.78, 5) is 23.3. The molecular formula is C13H18N2O2S. The third-order valence-electron chi connectivity index (χ3n) is 2.51. The third-order valence-corrected chi connectivity index (χ3v) is 3.96. The number of amides is 3. The summed E-state index contributed by atoms with van der Waals surface area (Å²) in [6.45, 7) is 7.82. The predicted octanol–water partition coefficient (Wildman–Crippen LogP) is 2.29. The Kier molecular flexibility index (Phi) is 4.78. The van der Waals surface area contributed by atoms with Crippen molar-refractivity contribution in [3.05, 3.63) is 28.8 Å². The zero-order valence-corrected chi connectivity index (χ0v) is 11.9. The average molecular weight is 266 g/mol. The second-order valence-electron chi connectivity index (χ2n) is 4.34. The van der Waals surface area contributed by atoms with Gasteiger partial charge in [0, 0.05) is 4.90 Å². The number of carbonyl (C=O) groups is 2. The highest BCUT2D eigenvalue weighted by Crippen LogP contribution is 2.30. The molecule has 98 valence electrons. The van der Waals surface area contributed by atoms with Gasteiger partial charge in [-0.25, -0.2) is 4.79 Å². The smallest absolute Gasteiger partial charge is 0.318 e. The molecule has 18 heavy (non-hydrogen) atoms. The van der Waals surface area contributed by atoms with Crippen molar-refractivity contribution in [2.75, 3.05) is 0 Å². The van der Waals surface area contributed by atoms with Crippen molar-refractivity contribution >= 4 is 23.7 Å². The number of hydrogen-bond donors (Lipinski definition) is 2. The van der Waals surface area contributed by atoms with Gasteiger partial charge in [0.05, 0.1) is 5.25 Å². The molecule has 0 spiro atoms. The number of carbonyl (C=O) groups excluding carboxylic acids is 2. The number of nitrogens with two attached hydrogens (primary N) is 1. The van der Waals surface area contributed by atoms with E-state index in [0.29, 0.717) is 0 Å². The Hall–Kier alpha value is -1.49. The topological polar surface area (TPSA) is 72.2 Å². The first-order chi connectivity index (χ1) is 8.31. The summed E-state index contributed by atoms with van der Waals surface area (Å²) in [7, 11) is 0. The van der Waals surface area contributed by atoms with Gasteiger partial charge in [0.1, 0.15) is 0 Å². The summed E-state index contributed by atoms with van der Waals surface area (Å²) in [5.41, 5.74) is 8.39. The summed E-state index contributed by atoms with van der Waals surface area (Å²) >= 11 is 1.44. The number of hydrogen-bond acceptors (Lipinski definition) is 3. The lowest BCUT2D eigenvalue weighted by Crippen LogP contribution is -2.39. The van der Waals surface area contributed by atoms with Gasteiger partial charge in [-0.2, -0.15) is 0 Å². The number of imide groups is 1. The fourth-order valence-electron chi connectivity index (χ4n) is 1.81. The fourth-order valence-corrected chi connectivity index (χ4v) is 2.82. The molecule has 0 bridgehead atoms. The van der Waals surface area contributed by atoms with Crippen molar-refractivity contribution in [3.63, 3.8) is 0 Å². The van der Waals surface area contributed by atoms with Crippen LogP contribution in [-0.2, 0) is 4.79 Å². The molecule has 0 aliphatic carbocycles. The molecule has 0 aromatic heterocycles. The Balaban J connectivity index is 2.85. The monoisotopic (exact) mass is 266 g/mol. The van der Waals surface area contributed by atoms with E-state index in [1.807, 2.05) is 20.8 Å². The molecule has 1 aromatic rings. The Morgan fingerprint density at radius 2 is 1.72 bits per heavy atom. The average Bonchev–Trinajstić information content (AvgIpc) is 2.21. The lowest BCUT2D eigenvalue weighted by atomic mass is 10.1. The molecular weight excluding hydrogens is 248 g/mol. The zero-order chi connectivity index (χ0) is 13.9. The van der Waals surface area contributed by atoms with Crippen molar-refractivity contribution in [3.8, 4) is 0 Å². The number of primary amides is 1. The van der Waals surface area contributed by atoms with E-state index in [2.05, 4.69) is 17.4 Å². The number of aryl methyl sites for hydroxylation is 3. The molecule has 0 radical (unpaired) electrons. The zero-order valence-electron chi connectivity index (χ0n) is 11.0. The fraction of sp³-hybridized carbons (Fsp3) is 0.385. The van der Waals surface area contributed by atoms with E-state index in [1.54, 1.807) is 6.92 Å². The van der Waals surface area contributed by atoms with Gasteiger partial charge in [-0.05, 0) is 38.8 Å². The molecule has 0 heterocycles. The van der Waals surface area contributed by atoms with E-state index in [4.69, 9.17) is 5.73 Å². The Bertz CT molecular complexity index is 463. The number of benzene rings is 1. The lowest BCUT2D eigenvalue weighted by Gasteiger charge is -2.15. The van der Waals surface area contributed by atoms with Crippen molar-refractivity contribution in [2.45, 2.75) is 37.8 Å². The molecule has 0 unspecified atom stereocenters. The van der Waals surface area contributed by atoms with Crippen LogP contribution in [0.3, 0.4) is 0 Å². The van der Waals surface area contributed by atoms with Crippen LogP contribution in [0.25, 0.3) is 0 Å². The predicted molar refractivity (Wildman–Crippen MR) is 73.7 cm³/mol. The molecule has 1 atom stereocenters. The van der Waals surface area contributed by atoms with E-state index < -0.39 is 6.03 Å². The van der Waals surface area contributed by atoms with Crippen LogP contribution in [0.15, 0.2) is 17.0 Å². The molecule has 0 fully saturated rings. The van der Waals surface area contributed by atoms with E-state index in [0.717, 1.165) is 16.0 Å². The Labute approximate surface area is 111 Å². The second-order valence-corrected chi connectivity index (χ2v) is 5.69. The van der Waals surface area contributed by atoms with E-state index in [-0.39, 0.29) is 11.2 Å². The molecule has 4 nitrogen and oxygen atoms in total. The first-order valence-corrected chi connectivity index (χ1v) is 6.54. The van der Waals surface area contributed by atoms with Gasteiger partial charge in [-0.3, -0.25) is 10.1 Å². The summed E-state index contributed by atoms with van der Waals surface area (Å²) in [5, 5.41) is 1.73. The maximum atomic E-state index is 11.6. The molecule has 0 saturated carbocycles. The summed E-state index contributed by atoms with van der Waals surface area (Å²) < 4.78 is 0. The number of rotatable bonds is 3. The van der Waals surface area contributed by atoms with Crippen molar-refractivity contribution in [2.24, 2.45) is 5.73 Å². The van der Waals surface area contributed by atoms with Crippen molar-refractivity contribution in [1.82, 2.24) is 5.32 Å². The van der Waals surface area contributed by atoms with E-state index in [9.17, 15) is 9.59 Å². The first kappa shape index (κ1) is 14.6. The molecule has 3 N–H and O–H groups in total. The summed E-state index contributed by atoms with van der Waals surface area (Å²) in [6, 6.07) is 3.34. The maximum Gasteiger partial charge on any atom is 0.318 e. The minimum atomic E-state index is -0.815. The van der Waals surface area contributed by atoms with E-state index >= 15 is 0 Å². The summed E-state index contributed by atoms with van der Waals surface area (Å²) in [5.74, 6) is -0.369. The molecule has 0 saturated heterocycles. The van der Waals surface area contributed by atoms with Gasteiger partial charge >= 0.3 is 6.03 Å². The molecule has 1 rings (SSSR count). The summed E-state index contributed by atoms with van der Waals surface area (Å²) in [6.07, 6.45) is 0. The number of urea groups is 1. The number of thioether (sulfide) groups is 1. The lowest BCUT2D eigenvalue weighted by molar-refractivity contribution is -0.119. The SMILES string of the molecule is Cc1cc(C)c(S[C@H](C)C(=O)NC(N)=O)c(C)c1. The highest BCUT2D eigenvalue weighted by Gasteiger charge is 2.17. The van der Waals surface area contributed by atoms with Crippen molar-refractivity contribution < 1.29 is 9.59 Å². The normalized spacial score (nSPS) is 12.0. The van der Waals surface area contributed by atoms with Crippen LogP contribution in [0.1, 0.15) is 23.6 Å². The minimum absolute atomic E-state index is 0.363.